The van der Waals surface area contributed by atoms with E-state index in [1.807, 2.05) is 42.5 Å². The minimum absolute atomic E-state index is 0.675. The molecule has 1 aliphatic rings. The number of fused-ring (bicyclic) bond motifs is 1. The fourth-order valence-corrected chi connectivity index (χ4v) is 3.67. The number of likely N-dealkylation sites (N-methyl/N-ethyl adjacent to an activating group) is 1. The Labute approximate surface area is 165 Å². The summed E-state index contributed by atoms with van der Waals surface area (Å²) >= 11 is 0. The van der Waals surface area contributed by atoms with Crippen LogP contribution in [-0.2, 0) is 0 Å². The predicted molar refractivity (Wildman–Crippen MR) is 112 cm³/mol. The van der Waals surface area contributed by atoms with Crippen LogP contribution < -0.4 is 14.4 Å². The van der Waals surface area contributed by atoms with Crippen molar-refractivity contribution >= 4 is 16.7 Å². The number of anilines is 1. The van der Waals surface area contributed by atoms with Crippen LogP contribution in [0.3, 0.4) is 0 Å². The highest BCUT2D eigenvalue weighted by molar-refractivity contribution is 5.93. The van der Waals surface area contributed by atoms with Gasteiger partial charge in [0, 0.05) is 43.2 Å². The molecule has 0 radical (unpaired) electrons. The van der Waals surface area contributed by atoms with Gasteiger partial charge in [-0.15, -0.1) is 0 Å². The molecule has 0 unspecified atom stereocenters. The minimum Gasteiger partial charge on any atom is -0.493 e. The van der Waals surface area contributed by atoms with Crippen molar-refractivity contribution in [2.45, 2.75) is 6.92 Å². The summed E-state index contributed by atoms with van der Waals surface area (Å²) in [5.74, 6) is 3.06. The Morgan fingerprint density at radius 3 is 2.21 bits per heavy atom. The molecule has 6 heteroatoms. The molecule has 0 bridgehead atoms. The van der Waals surface area contributed by atoms with Gasteiger partial charge in [0.05, 0.1) is 19.7 Å². The third kappa shape index (κ3) is 3.47. The monoisotopic (exact) mass is 378 g/mol. The molecule has 0 aliphatic carbocycles. The number of aromatic nitrogens is 2. The third-order valence-electron chi connectivity index (χ3n) is 5.33. The normalized spacial score (nSPS) is 15.0. The molecule has 0 atom stereocenters. The van der Waals surface area contributed by atoms with E-state index in [1.54, 1.807) is 14.2 Å². The molecule has 0 N–H and O–H groups in total. The second-order valence-corrected chi connectivity index (χ2v) is 6.88. The molecule has 4 rings (SSSR count). The van der Waals surface area contributed by atoms with Gasteiger partial charge in [0.1, 0.15) is 5.82 Å². The summed E-state index contributed by atoms with van der Waals surface area (Å²) in [5, 5.41) is 0.988. The zero-order valence-corrected chi connectivity index (χ0v) is 16.7. The van der Waals surface area contributed by atoms with Crippen molar-refractivity contribution in [3.8, 4) is 22.9 Å². The van der Waals surface area contributed by atoms with Crippen molar-refractivity contribution in [2.24, 2.45) is 0 Å². The van der Waals surface area contributed by atoms with Crippen molar-refractivity contribution in [1.82, 2.24) is 14.9 Å². The van der Waals surface area contributed by atoms with Gasteiger partial charge < -0.3 is 19.3 Å². The van der Waals surface area contributed by atoms with Crippen molar-refractivity contribution in [1.29, 1.82) is 0 Å². The number of rotatable bonds is 5. The van der Waals surface area contributed by atoms with Crippen LogP contribution in [0.15, 0.2) is 42.5 Å². The van der Waals surface area contributed by atoms with Gasteiger partial charge in [0.2, 0.25) is 0 Å². The number of hydrogen-bond donors (Lipinski definition) is 0. The molecule has 1 fully saturated rings. The smallest absolute Gasteiger partial charge is 0.162 e. The predicted octanol–water partition coefficient (Wildman–Crippen LogP) is 3.46. The Morgan fingerprint density at radius 1 is 0.893 bits per heavy atom. The highest BCUT2D eigenvalue weighted by Gasteiger charge is 2.22. The van der Waals surface area contributed by atoms with E-state index < -0.39 is 0 Å². The highest BCUT2D eigenvalue weighted by atomic mass is 16.5. The summed E-state index contributed by atoms with van der Waals surface area (Å²) in [7, 11) is 3.30. The van der Waals surface area contributed by atoms with Crippen LogP contribution in [0.2, 0.25) is 0 Å². The van der Waals surface area contributed by atoms with Gasteiger partial charge in [-0.3, -0.25) is 0 Å². The summed E-state index contributed by atoms with van der Waals surface area (Å²) in [6, 6.07) is 14.0. The zero-order chi connectivity index (χ0) is 19.5. The van der Waals surface area contributed by atoms with E-state index in [0.29, 0.717) is 11.5 Å². The van der Waals surface area contributed by atoms with Crippen LogP contribution in [0.25, 0.3) is 22.3 Å². The SMILES string of the molecule is CCN1CCN(c2nc(-c3ccccc3)nc3cc(OC)c(OC)cc23)CC1. The average molecular weight is 378 g/mol. The summed E-state index contributed by atoms with van der Waals surface area (Å²) < 4.78 is 11.0. The first-order valence-electron chi connectivity index (χ1n) is 9.70. The first-order valence-corrected chi connectivity index (χ1v) is 9.70. The number of hydrogen-bond acceptors (Lipinski definition) is 6. The van der Waals surface area contributed by atoms with Gasteiger partial charge in [-0.2, -0.15) is 0 Å². The van der Waals surface area contributed by atoms with E-state index in [-0.39, 0.29) is 0 Å². The number of nitrogens with zero attached hydrogens (tertiary/aromatic N) is 4. The maximum Gasteiger partial charge on any atom is 0.162 e. The lowest BCUT2D eigenvalue weighted by molar-refractivity contribution is 0.271. The van der Waals surface area contributed by atoms with Gasteiger partial charge in [0.25, 0.3) is 0 Å². The lowest BCUT2D eigenvalue weighted by atomic mass is 10.1. The largest absolute Gasteiger partial charge is 0.493 e. The summed E-state index contributed by atoms with van der Waals surface area (Å²) in [6.45, 7) is 7.26. The molecule has 1 saturated heterocycles. The lowest BCUT2D eigenvalue weighted by Crippen LogP contribution is -2.46. The van der Waals surface area contributed by atoms with Crippen LogP contribution >= 0.6 is 0 Å². The van der Waals surface area contributed by atoms with E-state index in [4.69, 9.17) is 19.4 Å². The lowest BCUT2D eigenvalue weighted by Gasteiger charge is -2.35. The minimum atomic E-state index is 0.675. The molecule has 0 amide bonds. The number of piperazine rings is 1. The molecule has 3 aromatic rings. The zero-order valence-electron chi connectivity index (χ0n) is 16.7. The van der Waals surface area contributed by atoms with E-state index in [0.717, 1.165) is 60.8 Å². The van der Waals surface area contributed by atoms with Crippen molar-refractivity contribution in [2.75, 3.05) is 51.8 Å². The third-order valence-corrected chi connectivity index (χ3v) is 5.33. The fourth-order valence-electron chi connectivity index (χ4n) is 3.67. The first-order chi connectivity index (χ1) is 13.7. The number of ether oxygens (including phenoxy) is 2. The average Bonchev–Trinajstić information content (AvgIpc) is 2.78. The molecular formula is C22H26N4O2. The summed E-state index contributed by atoms with van der Waals surface area (Å²) in [5.41, 5.74) is 1.87. The van der Waals surface area contributed by atoms with E-state index in [9.17, 15) is 0 Å². The maximum atomic E-state index is 5.53. The van der Waals surface area contributed by atoms with Gasteiger partial charge >= 0.3 is 0 Å². The Hall–Kier alpha value is -2.86. The van der Waals surface area contributed by atoms with Crippen LogP contribution in [0.4, 0.5) is 5.82 Å². The van der Waals surface area contributed by atoms with Crippen LogP contribution in [-0.4, -0.2) is 61.8 Å². The molecule has 28 heavy (non-hydrogen) atoms. The molecule has 0 spiro atoms. The van der Waals surface area contributed by atoms with E-state index >= 15 is 0 Å². The van der Waals surface area contributed by atoms with Crippen LogP contribution in [0, 0.1) is 0 Å². The molecule has 0 saturated carbocycles. The summed E-state index contributed by atoms with van der Waals surface area (Å²) in [4.78, 5) is 14.6. The van der Waals surface area contributed by atoms with Crippen LogP contribution in [0.1, 0.15) is 6.92 Å². The maximum absolute atomic E-state index is 5.53. The Kier molecular flexibility index (Phi) is 5.30. The number of benzene rings is 2. The van der Waals surface area contributed by atoms with E-state index in [1.165, 1.54) is 0 Å². The molecule has 146 valence electrons. The number of methoxy groups -OCH3 is 2. The molecule has 2 heterocycles. The Morgan fingerprint density at radius 2 is 1.57 bits per heavy atom. The second kappa shape index (κ2) is 8.02. The standard InChI is InChI=1S/C22H26N4O2/c1-4-25-10-12-26(13-11-25)22-17-14-19(27-2)20(28-3)15-18(17)23-21(24-22)16-8-6-5-7-9-16/h5-9,14-15H,4,10-13H2,1-3H3. The Balaban J connectivity index is 1.87. The van der Waals surface area contributed by atoms with Crippen molar-refractivity contribution in [3.63, 3.8) is 0 Å². The van der Waals surface area contributed by atoms with Gasteiger partial charge in [-0.1, -0.05) is 37.3 Å². The fraction of sp³-hybridized carbons (Fsp3) is 0.364. The molecule has 1 aliphatic heterocycles. The van der Waals surface area contributed by atoms with Gasteiger partial charge in [-0.25, -0.2) is 9.97 Å². The molecular weight excluding hydrogens is 352 g/mol. The second-order valence-electron chi connectivity index (χ2n) is 6.88. The quantitative estimate of drug-likeness (QED) is 0.678. The van der Waals surface area contributed by atoms with Gasteiger partial charge in [-0.05, 0) is 12.6 Å². The first kappa shape index (κ1) is 18.5. The van der Waals surface area contributed by atoms with Crippen molar-refractivity contribution in [3.05, 3.63) is 42.5 Å². The molecule has 6 nitrogen and oxygen atoms in total. The molecule has 1 aromatic heterocycles. The van der Waals surface area contributed by atoms with Gasteiger partial charge in [0.15, 0.2) is 17.3 Å². The Bertz CT molecular complexity index is 954. The molecule has 2 aromatic carbocycles. The topological polar surface area (TPSA) is 50.7 Å². The van der Waals surface area contributed by atoms with E-state index in [2.05, 4.69) is 16.7 Å². The van der Waals surface area contributed by atoms with Crippen LogP contribution in [0.5, 0.6) is 11.5 Å². The summed E-state index contributed by atoms with van der Waals surface area (Å²) in [6.07, 6.45) is 0. The highest BCUT2D eigenvalue weighted by Crippen LogP contribution is 2.36. The van der Waals surface area contributed by atoms with Crippen molar-refractivity contribution < 1.29 is 9.47 Å².